The van der Waals surface area contributed by atoms with E-state index in [9.17, 15) is 0 Å². The van der Waals surface area contributed by atoms with E-state index in [2.05, 4.69) is 49.4 Å². The molecule has 10 nitrogen and oxygen atoms in total. The normalized spacial score (nSPS) is 6.62. The zero-order chi connectivity index (χ0) is 22.8. The fourth-order valence-electron chi connectivity index (χ4n) is 0.653. The third-order valence-electron chi connectivity index (χ3n) is 1.32. The van der Waals surface area contributed by atoms with Crippen LogP contribution in [-0.4, -0.2) is 40.6 Å². The monoisotopic (exact) mass is 426 g/mol. The molecule has 0 aliphatic carbocycles. The number of hydrogen-bond donors (Lipinski definition) is 0. The Morgan fingerprint density at radius 1 is 0.517 bits per heavy atom. The van der Waals surface area contributed by atoms with E-state index in [1.165, 1.54) is 49.3 Å². The van der Waals surface area contributed by atoms with Crippen LogP contribution >= 0.6 is 11.3 Å². The molecule has 4 aromatic rings. The van der Waals surface area contributed by atoms with Gasteiger partial charge in [0.05, 0.1) is 12.4 Å². The molecule has 0 aromatic carbocycles. The lowest BCUT2D eigenvalue weighted by Crippen LogP contribution is -1.75. The predicted molar refractivity (Wildman–Crippen MR) is 116 cm³/mol. The van der Waals surface area contributed by atoms with E-state index in [1.807, 2.05) is 55.4 Å². The summed E-state index contributed by atoms with van der Waals surface area (Å²) in [4.78, 5) is 7.17. The predicted octanol–water partition coefficient (Wildman–Crippen LogP) is 5.26. The minimum atomic E-state index is 1.26. The third kappa shape index (κ3) is 40.8. The van der Waals surface area contributed by atoms with E-state index in [0.717, 1.165) is 0 Å². The molecule has 4 rings (SSSR count). The SMILES string of the molecule is CC.CC.CC.CC.c1cnncn1.c1cocn1.c1nnco1.c1nncs1. The molecule has 0 aliphatic rings. The van der Waals surface area contributed by atoms with Gasteiger partial charge in [-0.25, -0.2) is 9.97 Å². The first kappa shape index (κ1) is 33.5. The van der Waals surface area contributed by atoms with Crippen LogP contribution in [0.1, 0.15) is 55.4 Å². The lowest BCUT2D eigenvalue weighted by Gasteiger charge is -1.69. The second-order valence-electron chi connectivity index (χ2n) is 2.63. The van der Waals surface area contributed by atoms with Gasteiger partial charge in [-0.15, -0.1) is 36.8 Å². The summed E-state index contributed by atoms with van der Waals surface area (Å²) in [6.07, 6.45) is 11.5. The van der Waals surface area contributed by atoms with E-state index in [4.69, 9.17) is 0 Å². The Labute approximate surface area is 177 Å². The molecule has 29 heavy (non-hydrogen) atoms. The molecule has 0 N–H and O–H groups in total. The van der Waals surface area contributed by atoms with E-state index in [0.29, 0.717) is 0 Å². The van der Waals surface area contributed by atoms with Gasteiger partial charge in [-0.1, -0.05) is 55.4 Å². The summed E-state index contributed by atoms with van der Waals surface area (Å²) in [5, 5.41) is 20.5. The zero-order valence-corrected chi connectivity index (χ0v) is 19.4. The molecule has 0 bridgehead atoms. The molecular formula is C18H34N8O2S. The summed E-state index contributed by atoms with van der Waals surface area (Å²) >= 11 is 1.49. The maximum absolute atomic E-state index is 4.47. The van der Waals surface area contributed by atoms with Gasteiger partial charge in [0.2, 0.25) is 12.8 Å². The lowest BCUT2D eigenvalue weighted by atomic mass is 10.9. The topological polar surface area (TPSA) is 129 Å². The van der Waals surface area contributed by atoms with Crippen LogP contribution in [0.4, 0.5) is 0 Å². The highest BCUT2D eigenvalue weighted by Crippen LogP contribution is 1.80. The van der Waals surface area contributed by atoms with Crippen LogP contribution in [0.15, 0.2) is 70.2 Å². The van der Waals surface area contributed by atoms with Gasteiger partial charge in [-0.05, 0) is 0 Å². The van der Waals surface area contributed by atoms with Crippen LogP contribution in [0.2, 0.25) is 0 Å². The quantitative estimate of drug-likeness (QED) is 0.367. The van der Waals surface area contributed by atoms with Crippen LogP contribution in [-0.2, 0) is 0 Å². The Morgan fingerprint density at radius 2 is 1.10 bits per heavy atom. The van der Waals surface area contributed by atoms with Crippen molar-refractivity contribution in [2.45, 2.75) is 55.4 Å². The first-order valence-electron chi connectivity index (χ1n) is 9.26. The summed E-state index contributed by atoms with van der Waals surface area (Å²) in [5.41, 5.74) is 3.36. The minimum absolute atomic E-state index is 1.26. The summed E-state index contributed by atoms with van der Waals surface area (Å²) in [6, 6.07) is 0. The van der Waals surface area contributed by atoms with Gasteiger partial charge < -0.3 is 8.83 Å². The van der Waals surface area contributed by atoms with Gasteiger partial charge in [0.25, 0.3) is 0 Å². The van der Waals surface area contributed by atoms with Crippen LogP contribution in [0, 0.1) is 0 Å². The van der Waals surface area contributed by atoms with Gasteiger partial charge in [-0.3, -0.25) is 0 Å². The number of hydrogen-bond acceptors (Lipinski definition) is 11. The van der Waals surface area contributed by atoms with Gasteiger partial charge in [0, 0.05) is 6.20 Å². The van der Waals surface area contributed by atoms with Crippen molar-refractivity contribution < 1.29 is 8.83 Å². The van der Waals surface area contributed by atoms with Crippen molar-refractivity contribution in [2.75, 3.05) is 0 Å². The number of aromatic nitrogens is 8. The zero-order valence-electron chi connectivity index (χ0n) is 18.6. The van der Waals surface area contributed by atoms with Gasteiger partial charge in [0.1, 0.15) is 23.6 Å². The van der Waals surface area contributed by atoms with Crippen LogP contribution < -0.4 is 0 Å². The van der Waals surface area contributed by atoms with Crippen LogP contribution in [0.25, 0.3) is 0 Å². The Morgan fingerprint density at radius 3 is 1.24 bits per heavy atom. The van der Waals surface area contributed by atoms with Gasteiger partial charge >= 0.3 is 0 Å². The standard InChI is InChI=1S/C3H3N3.C3H3NO.C2H2N2O.C2H2N2S.4C2H6/c1-2-5-6-3-4-1;1-2-5-3-4-1;2*1-3-4-2-5-1;4*1-2/h1-3H;1-3H;2*1-2H;4*1-2H3. The van der Waals surface area contributed by atoms with E-state index in [1.54, 1.807) is 23.4 Å². The molecule has 0 saturated heterocycles. The lowest BCUT2D eigenvalue weighted by molar-refractivity contribution is 0.553. The Balaban J connectivity index is -0.000000129. The Bertz CT molecular complexity index is 439. The molecule has 0 atom stereocenters. The molecule has 0 saturated carbocycles. The molecular weight excluding hydrogens is 392 g/mol. The molecule has 0 unspecified atom stereocenters. The summed E-state index contributed by atoms with van der Waals surface area (Å²) < 4.78 is 8.83. The van der Waals surface area contributed by atoms with Gasteiger partial charge in [0.15, 0.2) is 6.39 Å². The summed E-state index contributed by atoms with van der Waals surface area (Å²) in [6.45, 7) is 16.0. The smallest absolute Gasteiger partial charge is 0.203 e. The molecule has 0 amide bonds. The van der Waals surface area contributed by atoms with Crippen molar-refractivity contribution in [1.82, 2.24) is 40.6 Å². The minimum Gasteiger partial charge on any atom is -0.452 e. The van der Waals surface area contributed by atoms with E-state index in [-0.39, 0.29) is 0 Å². The third-order valence-corrected chi connectivity index (χ3v) is 1.75. The van der Waals surface area contributed by atoms with Crippen molar-refractivity contribution in [3.8, 4) is 0 Å². The Hall–Kier alpha value is -3.08. The highest BCUT2D eigenvalue weighted by molar-refractivity contribution is 7.07. The molecule has 0 spiro atoms. The van der Waals surface area contributed by atoms with Crippen LogP contribution in [0.3, 0.4) is 0 Å². The van der Waals surface area contributed by atoms with Crippen molar-refractivity contribution in [2.24, 2.45) is 0 Å². The number of rotatable bonds is 0. The molecule has 164 valence electrons. The first-order chi connectivity index (χ1) is 14.5. The van der Waals surface area contributed by atoms with Crippen molar-refractivity contribution in [3.63, 3.8) is 0 Å². The van der Waals surface area contributed by atoms with Crippen molar-refractivity contribution >= 4 is 11.3 Å². The fourth-order valence-corrected chi connectivity index (χ4v) is 0.925. The second kappa shape index (κ2) is 44.4. The highest BCUT2D eigenvalue weighted by Gasteiger charge is 1.61. The molecule has 11 heteroatoms. The van der Waals surface area contributed by atoms with Crippen LogP contribution in [0.5, 0.6) is 0 Å². The number of oxazole rings is 1. The first-order valence-corrected chi connectivity index (χ1v) is 10.2. The molecule has 0 radical (unpaired) electrons. The maximum atomic E-state index is 4.47. The Kier molecular flexibility index (Phi) is 51.3. The average Bonchev–Trinajstić information content (AvgIpc) is 3.67. The highest BCUT2D eigenvalue weighted by atomic mass is 32.1. The summed E-state index contributed by atoms with van der Waals surface area (Å²) in [7, 11) is 0. The van der Waals surface area contributed by atoms with Crippen molar-refractivity contribution in [3.05, 3.63) is 61.4 Å². The molecule has 0 aliphatic heterocycles. The molecule has 4 aromatic heterocycles. The molecule has 4 heterocycles. The maximum Gasteiger partial charge on any atom is 0.203 e. The van der Waals surface area contributed by atoms with Gasteiger partial charge in [-0.2, -0.15) is 5.10 Å². The number of nitrogens with zero attached hydrogens (tertiary/aromatic N) is 8. The summed E-state index contributed by atoms with van der Waals surface area (Å²) in [5.74, 6) is 0. The van der Waals surface area contributed by atoms with E-state index >= 15 is 0 Å². The van der Waals surface area contributed by atoms with E-state index < -0.39 is 0 Å². The average molecular weight is 427 g/mol. The fraction of sp³-hybridized carbons (Fsp3) is 0.444. The largest absolute Gasteiger partial charge is 0.452 e. The van der Waals surface area contributed by atoms with Crippen molar-refractivity contribution in [1.29, 1.82) is 0 Å². The second-order valence-corrected chi connectivity index (χ2v) is 3.32. The molecule has 0 fully saturated rings.